The zero-order valence-corrected chi connectivity index (χ0v) is 12.9. The molecule has 1 aliphatic heterocycles. The van der Waals surface area contributed by atoms with Gasteiger partial charge in [0.15, 0.2) is 0 Å². The standard InChI is InChI=1S/C17H23N3O2/c1-10(19-17(22)14-4-2-3-12(14)9-18)11-5-6-15-13(7-11)8-16(21)20-15/h5-7,10,12,14H,2-4,8-9,18H2,1H3,(H,19,22)(H,20,21)/t10?,12-,14-/m1/s1. The van der Waals surface area contributed by atoms with Gasteiger partial charge in [-0.25, -0.2) is 0 Å². The first kappa shape index (κ1) is 15.0. The molecule has 0 radical (unpaired) electrons. The summed E-state index contributed by atoms with van der Waals surface area (Å²) in [6, 6.07) is 5.82. The van der Waals surface area contributed by atoms with Crippen molar-refractivity contribution in [2.24, 2.45) is 17.6 Å². The zero-order valence-electron chi connectivity index (χ0n) is 12.9. The predicted molar refractivity (Wildman–Crippen MR) is 85.2 cm³/mol. The number of anilines is 1. The number of amides is 2. The summed E-state index contributed by atoms with van der Waals surface area (Å²) in [6.07, 6.45) is 3.49. The molecular weight excluding hydrogens is 278 g/mol. The van der Waals surface area contributed by atoms with Gasteiger partial charge in [-0.3, -0.25) is 9.59 Å². The van der Waals surface area contributed by atoms with E-state index in [1.54, 1.807) is 0 Å². The Morgan fingerprint density at radius 3 is 3.05 bits per heavy atom. The van der Waals surface area contributed by atoms with Gasteiger partial charge in [0.25, 0.3) is 0 Å². The number of benzene rings is 1. The van der Waals surface area contributed by atoms with Gasteiger partial charge in [-0.05, 0) is 49.4 Å². The molecule has 0 bridgehead atoms. The van der Waals surface area contributed by atoms with Crippen LogP contribution in [-0.2, 0) is 16.0 Å². The zero-order chi connectivity index (χ0) is 15.7. The minimum atomic E-state index is -0.0625. The van der Waals surface area contributed by atoms with Crippen molar-refractivity contribution in [2.75, 3.05) is 11.9 Å². The number of hydrogen-bond acceptors (Lipinski definition) is 3. The normalized spacial score (nSPS) is 24.7. The van der Waals surface area contributed by atoms with Crippen LogP contribution in [0.4, 0.5) is 5.69 Å². The van der Waals surface area contributed by atoms with E-state index in [9.17, 15) is 9.59 Å². The summed E-state index contributed by atoms with van der Waals surface area (Å²) in [7, 11) is 0. The average Bonchev–Trinajstić information content (AvgIpc) is 3.10. The molecule has 1 aliphatic carbocycles. The first-order valence-electron chi connectivity index (χ1n) is 8.01. The molecule has 1 saturated carbocycles. The minimum absolute atomic E-state index is 0.0283. The van der Waals surface area contributed by atoms with E-state index in [0.29, 0.717) is 18.9 Å². The Balaban J connectivity index is 1.67. The molecule has 22 heavy (non-hydrogen) atoms. The van der Waals surface area contributed by atoms with Crippen molar-refractivity contribution >= 4 is 17.5 Å². The highest BCUT2D eigenvalue weighted by atomic mass is 16.2. The van der Waals surface area contributed by atoms with Gasteiger partial charge in [0, 0.05) is 11.6 Å². The molecule has 5 heteroatoms. The second-order valence-corrected chi connectivity index (χ2v) is 6.40. The van der Waals surface area contributed by atoms with Gasteiger partial charge in [0.2, 0.25) is 11.8 Å². The summed E-state index contributed by atoms with van der Waals surface area (Å²) in [5.74, 6) is 0.495. The van der Waals surface area contributed by atoms with E-state index in [2.05, 4.69) is 10.6 Å². The van der Waals surface area contributed by atoms with Crippen molar-refractivity contribution in [2.45, 2.75) is 38.6 Å². The molecular formula is C17H23N3O2. The van der Waals surface area contributed by atoms with Gasteiger partial charge < -0.3 is 16.4 Å². The molecule has 2 amide bonds. The van der Waals surface area contributed by atoms with Crippen LogP contribution in [0, 0.1) is 11.8 Å². The van der Waals surface area contributed by atoms with Crippen molar-refractivity contribution in [1.29, 1.82) is 0 Å². The Morgan fingerprint density at radius 1 is 1.45 bits per heavy atom. The molecule has 2 aliphatic rings. The second-order valence-electron chi connectivity index (χ2n) is 6.40. The van der Waals surface area contributed by atoms with Gasteiger partial charge >= 0.3 is 0 Å². The Kier molecular flexibility index (Phi) is 4.16. The Labute approximate surface area is 130 Å². The topological polar surface area (TPSA) is 84.2 Å². The maximum Gasteiger partial charge on any atom is 0.228 e. The number of nitrogens with one attached hydrogen (secondary N) is 2. The number of fused-ring (bicyclic) bond motifs is 1. The van der Waals surface area contributed by atoms with Crippen LogP contribution in [-0.4, -0.2) is 18.4 Å². The number of carbonyl (C=O) groups excluding carboxylic acids is 2. The first-order chi connectivity index (χ1) is 10.6. The largest absolute Gasteiger partial charge is 0.349 e. The highest BCUT2D eigenvalue weighted by Crippen LogP contribution is 2.32. The lowest BCUT2D eigenvalue weighted by molar-refractivity contribution is -0.126. The highest BCUT2D eigenvalue weighted by molar-refractivity contribution is 5.99. The number of nitrogens with two attached hydrogens (primary N) is 1. The molecule has 3 atom stereocenters. The van der Waals surface area contributed by atoms with E-state index in [0.717, 1.165) is 36.1 Å². The Hall–Kier alpha value is -1.88. The van der Waals surface area contributed by atoms with Crippen LogP contribution in [0.15, 0.2) is 18.2 Å². The maximum absolute atomic E-state index is 12.5. The molecule has 1 aromatic rings. The van der Waals surface area contributed by atoms with E-state index in [4.69, 9.17) is 5.73 Å². The summed E-state index contributed by atoms with van der Waals surface area (Å²) < 4.78 is 0. The fraction of sp³-hybridized carbons (Fsp3) is 0.529. The number of carbonyl (C=O) groups is 2. The van der Waals surface area contributed by atoms with Gasteiger partial charge in [0.1, 0.15) is 0 Å². The monoisotopic (exact) mass is 301 g/mol. The van der Waals surface area contributed by atoms with Crippen LogP contribution in [0.1, 0.15) is 43.4 Å². The quantitative estimate of drug-likeness (QED) is 0.792. The molecule has 1 unspecified atom stereocenters. The van der Waals surface area contributed by atoms with E-state index >= 15 is 0 Å². The molecule has 118 valence electrons. The number of rotatable bonds is 4. The molecule has 0 saturated heterocycles. The number of hydrogen-bond donors (Lipinski definition) is 3. The third-order valence-corrected chi connectivity index (χ3v) is 4.91. The van der Waals surface area contributed by atoms with Crippen molar-refractivity contribution in [3.8, 4) is 0 Å². The van der Waals surface area contributed by atoms with Gasteiger partial charge in [-0.1, -0.05) is 18.6 Å². The SMILES string of the molecule is CC(NC(=O)[C@@H]1CCC[C@@H]1CN)c1ccc2c(c1)CC(=O)N2. The lowest BCUT2D eigenvalue weighted by atomic mass is 9.94. The van der Waals surface area contributed by atoms with Crippen molar-refractivity contribution in [3.63, 3.8) is 0 Å². The van der Waals surface area contributed by atoms with Crippen molar-refractivity contribution < 1.29 is 9.59 Å². The Bertz CT molecular complexity index is 600. The molecule has 0 spiro atoms. The van der Waals surface area contributed by atoms with Crippen molar-refractivity contribution in [3.05, 3.63) is 29.3 Å². The average molecular weight is 301 g/mol. The molecule has 0 aromatic heterocycles. The van der Waals surface area contributed by atoms with Gasteiger partial charge in [-0.15, -0.1) is 0 Å². The predicted octanol–water partition coefficient (Wildman–Crippen LogP) is 1.73. The van der Waals surface area contributed by atoms with E-state index in [1.165, 1.54) is 0 Å². The van der Waals surface area contributed by atoms with Gasteiger partial charge in [0.05, 0.1) is 12.5 Å². The third kappa shape index (κ3) is 2.86. The first-order valence-corrected chi connectivity index (χ1v) is 8.01. The second kappa shape index (κ2) is 6.08. The molecule has 1 fully saturated rings. The smallest absolute Gasteiger partial charge is 0.228 e. The lowest BCUT2D eigenvalue weighted by Crippen LogP contribution is -2.36. The summed E-state index contributed by atoms with van der Waals surface area (Å²) >= 11 is 0. The van der Waals surface area contributed by atoms with E-state index < -0.39 is 0 Å². The van der Waals surface area contributed by atoms with E-state index in [-0.39, 0.29) is 23.8 Å². The molecule has 1 aromatic carbocycles. The maximum atomic E-state index is 12.5. The van der Waals surface area contributed by atoms with E-state index in [1.807, 2.05) is 25.1 Å². The summed E-state index contributed by atoms with van der Waals surface area (Å²) in [6.45, 7) is 2.56. The van der Waals surface area contributed by atoms with Crippen LogP contribution < -0.4 is 16.4 Å². The lowest BCUT2D eigenvalue weighted by Gasteiger charge is -2.21. The Morgan fingerprint density at radius 2 is 2.27 bits per heavy atom. The van der Waals surface area contributed by atoms with Gasteiger partial charge in [-0.2, -0.15) is 0 Å². The third-order valence-electron chi connectivity index (χ3n) is 4.91. The van der Waals surface area contributed by atoms with Crippen LogP contribution >= 0.6 is 0 Å². The summed E-state index contributed by atoms with van der Waals surface area (Å²) in [4.78, 5) is 23.9. The summed E-state index contributed by atoms with van der Waals surface area (Å²) in [5, 5.41) is 5.93. The van der Waals surface area contributed by atoms with Crippen LogP contribution in [0.5, 0.6) is 0 Å². The van der Waals surface area contributed by atoms with Crippen LogP contribution in [0.2, 0.25) is 0 Å². The molecule has 5 nitrogen and oxygen atoms in total. The fourth-order valence-electron chi connectivity index (χ4n) is 3.59. The van der Waals surface area contributed by atoms with Crippen molar-refractivity contribution in [1.82, 2.24) is 5.32 Å². The molecule has 1 heterocycles. The van der Waals surface area contributed by atoms with Crippen LogP contribution in [0.25, 0.3) is 0 Å². The minimum Gasteiger partial charge on any atom is -0.349 e. The molecule has 4 N–H and O–H groups in total. The summed E-state index contributed by atoms with van der Waals surface area (Å²) in [5.41, 5.74) is 8.68. The van der Waals surface area contributed by atoms with Crippen LogP contribution in [0.3, 0.4) is 0 Å². The molecule has 3 rings (SSSR count). The fourth-order valence-corrected chi connectivity index (χ4v) is 3.59. The highest BCUT2D eigenvalue weighted by Gasteiger charge is 2.32.